The van der Waals surface area contributed by atoms with Crippen LogP contribution in [-0.2, 0) is 0 Å². The zero-order valence-corrected chi connectivity index (χ0v) is 6.09. The van der Waals surface area contributed by atoms with Crippen LogP contribution in [0.2, 0.25) is 0 Å². The lowest BCUT2D eigenvalue weighted by Gasteiger charge is -1.98. The predicted octanol–water partition coefficient (Wildman–Crippen LogP) is 1.37. The largest absolute Gasteiger partial charge is 0.494 e. The number of nitrogens with one attached hydrogen (secondary N) is 1. The van der Waals surface area contributed by atoms with E-state index in [1.165, 1.54) is 0 Å². The summed E-state index contributed by atoms with van der Waals surface area (Å²) in [6, 6.07) is 5.69. The molecule has 0 aliphatic carbocycles. The molecule has 0 saturated heterocycles. The van der Waals surface area contributed by atoms with Crippen molar-refractivity contribution in [2.75, 3.05) is 7.11 Å². The molecule has 3 heteroatoms. The highest BCUT2D eigenvalue weighted by Crippen LogP contribution is 2.20. The van der Waals surface area contributed by atoms with Crippen molar-refractivity contribution in [3.63, 3.8) is 0 Å². The standard InChI is InChI=1S/C8H7N2O/c1-11-7-4-2-3-6-8(7)10-5-9-6/h2-4H,1H3,(H,9,10). The van der Waals surface area contributed by atoms with Gasteiger partial charge >= 0.3 is 0 Å². The molecule has 1 N–H and O–H groups in total. The molecule has 0 amide bonds. The molecule has 0 aliphatic heterocycles. The minimum Gasteiger partial charge on any atom is -0.494 e. The fraction of sp³-hybridized carbons (Fsp3) is 0.125. The van der Waals surface area contributed by atoms with Gasteiger partial charge in [-0.15, -0.1) is 0 Å². The van der Waals surface area contributed by atoms with Gasteiger partial charge in [0.1, 0.15) is 11.3 Å². The van der Waals surface area contributed by atoms with Gasteiger partial charge in [0.2, 0.25) is 0 Å². The van der Waals surface area contributed by atoms with Gasteiger partial charge in [-0.2, -0.15) is 0 Å². The van der Waals surface area contributed by atoms with E-state index < -0.39 is 0 Å². The molecule has 55 valence electrons. The van der Waals surface area contributed by atoms with E-state index >= 15 is 0 Å². The van der Waals surface area contributed by atoms with Crippen molar-refractivity contribution >= 4 is 11.0 Å². The minimum absolute atomic E-state index is 0.802. The highest BCUT2D eigenvalue weighted by Gasteiger charge is 2.00. The van der Waals surface area contributed by atoms with E-state index in [0.717, 1.165) is 16.8 Å². The van der Waals surface area contributed by atoms with E-state index in [1.807, 2.05) is 18.2 Å². The second-order valence-electron chi connectivity index (χ2n) is 2.20. The van der Waals surface area contributed by atoms with Gasteiger partial charge in [-0.3, -0.25) is 0 Å². The first-order valence-electron chi connectivity index (χ1n) is 3.30. The number of methoxy groups -OCH3 is 1. The summed E-state index contributed by atoms with van der Waals surface area (Å²) in [6.07, 6.45) is 2.66. The average molecular weight is 147 g/mol. The molecule has 2 rings (SSSR count). The molecule has 2 aromatic rings. The fourth-order valence-corrected chi connectivity index (χ4v) is 1.05. The van der Waals surface area contributed by atoms with E-state index in [2.05, 4.69) is 16.3 Å². The van der Waals surface area contributed by atoms with Crippen molar-refractivity contribution in [2.24, 2.45) is 0 Å². The predicted molar refractivity (Wildman–Crippen MR) is 41.5 cm³/mol. The zero-order chi connectivity index (χ0) is 7.68. The second-order valence-corrected chi connectivity index (χ2v) is 2.20. The molecule has 0 aliphatic rings. The number of ether oxygens (including phenoxy) is 1. The van der Waals surface area contributed by atoms with Crippen molar-refractivity contribution in [1.29, 1.82) is 0 Å². The highest BCUT2D eigenvalue weighted by molar-refractivity contribution is 5.80. The molecule has 11 heavy (non-hydrogen) atoms. The number of para-hydroxylation sites is 1. The van der Waals surface area contributed by atoms with Crippen LogP contribution in [0.4, 0.5) is 0 Å². The third-order valence-corrected chi connectivity index (χ3v) is 1.58. The smallest absolute Gasteiger partial charge is 0.174 e. The molecule has 0 bridgehead atoms. The number of imidazole rings is 1. The minimum atomic E-state index is 0.802. The summed E-state index contributed by atoms with van der Waals surface area (Å²) < 4.78 is 5.09. The van der Waals surface area contributed by atoms with Crippen LogP contribution in [0.3, 0.4) is 0 Å². The lowest BCUT2D eigenvalue weighted by atomic mass is 10.3. The summed E-state index contributed by atoms with van der Waals surface area (Å²) in [6.45, 7) is 0. The molecule has 1 aromatic heterocycles. The number of aromatic amines is 1. The summed E-state index contributed by atoms with van der Waals surface area (Å²) in [5, 5.41) is 0. The maximum absolute atomic E-state index is 5.09. The number of nitrogens with zero attached hydrogens (tertiary/aromatic N) is 1. The van der Waals surface area contributed by atoms with E-state index in [0.29, 0.717) is 0 Å². The Kier molecular flexibility index (Phi) is 1.28. The Balaban J connectivity index is 2.79. The third kappa shape index (κ3) is 0.852. The first kappa shape index (κ1) is 6.22. The van der Waals surface area contributed by atoms with Crippen LogP contribution in [0.15, 0.2) is 18.2 Å². The normalized spacial score (nSPS) is 10.3. The molecule has 3 nitrogen and oxygen atoms in total. The topological polar surface area (TPSA) is 37.9 Å². The number of hydrogen-bond acceptors (Lipinski definition) is 2. The summed E-state index contributed by atoms with van der Waals surface area (Å²) in [5.41, 5.74) is 1.78. The first-order chi connectivity index (χ1) is 5.42. The van der Waals surface area contributed by atoms with Crippen LogP contribution in [0.5, 0.6) is 5.75 Å². The molecule has 0 atom stereocenters. The fourth-order valence-electron chi connectivity index (χ4n) is 1.05. The van der Waals surface area contributed by atoms with Gasteiger partial charge in [0.25, 0.3) is 0 Å². The number of hydrogen-bond donors (Lipinski definition) is 1. The second kappa shape index (κ2) is 2.27. The maximum Gasteiger partial charge on any atom is 0.174 e. The monoisotopic (exact) mass is 147 g/mol. The molecule has 1 radical (unpaired) electrons. The summed E-state index contributed by atoms with van der Waals surface area (Å²) in [5.74, 6) is 0.802. The van der Waals surface area contributed by atoms with Crippen LogP contribution in [-0.4, -0.2) is 17.1 Å². The van der Waals surface area contributed by atoms with E-state index in [-0.39, 0.29) is 0 Å². The van der Waals surface area contributed by atoms with Gasteiger partial charge in [0.05, 0.1) is 12.6 Å². The van der Waals surface area contributed by atoms with Gasteiger partial charge in [0.15, 0.2) is 6.33 Å². The zero-order valence-electron chi connectivity index (χ0n) is 6.09. The van der Waals surface area contributed by atoms with Crippen LogP contribution in [0.1, 0.15) is 0 Å². The molecule has 1 aromatic carbocycles. The number of benzene rings is 1. The first-order valence-corrected chi connectivity index (χ1v) is 3.30. The van der Waals surface area contributed by atoms with E-state index in [4.69, 9.17) is 4.74 Å². The van der Waals surface area contributed by atoms with Gasteiger partial charge in [-0.1, -0.05) is 6.07 Å². The van der Waals surface area contributed by atoms with Gasteiger partial charge in [-0.05, 0) is 12.1 Å². The van der Waals surface area contributed by atoms with Crippen molar-refractivity contribution in [1.82, 2.24) is 9.97 Å². The molecule has 0 unspecified atom stereocenters. The Bertz CT molecular complexity index is 367. The lowest BCUT2D eigenvalue weighted by Crippen LogP contribution is -1.82. The van der Waals surface area contributed by atoms with E-state index in [9.17, 15) is 0 Å². The quantitative estimate of drug-likeness (QED) is 0.661. The number of fused-ring (bicyclic) bond motifs is 1. The molecular formula is C8H7N2O. The van der Waals surface area contributed by atoms with Crippen LogP contribution < -0.4 is 4.74 Å². The van der Waals surface area contributed by atoms with Crippen molar-refractivity contribution < 1.29 is 4.74 Å². The summed E-state index contributed by atoms with van der Waals surface area (Å²) >= 11 is 0. The Labute approximate surface area is 64.0 Å². The van der Waals surface area contributed by atoms with Gasteiger partial charge in [-0.25, -0.2) is 4.98 Å². The lowest BCUT2D eigenvalue weighted by molar-refractivity contribution is 0.419. The van der Waals surface area contributed by atoms with Crippen molar-refractivity contribution in [2.45, 2.75) is 0 Å². The Morgan fingerprint density at radius 2 is 2.45 bits per heavy atom. The SMILES string of the molecule is COc1cccc2n[c][nH]c12. The number of rotatable bonds is 1. The average Bonchev–Trinajstić information content (AvgIpc) is 2.50. The van der Waals surface area contributed by atoms with E-state index in [1.54, 1.807) is 7.11 Å². The van der Waals surface area contributed by atoms with Crippen molar-refractivity contribution in [3.8, 4) is 5.75 Å². The third-order valence-electron chi connectivity index (χ3n) is 1.58. The molecule has 0 fully saturated rings. The molecule has 0 spiro atoms. The van der Waals surface area contributed by atoms with Gasteiger partial charge < -0.3 is 9.72 Å². The Hall–Kier alpha value is -1.51. The maximum atomic E-state index is 5.09. The van der Waals surface area contributed by atoms with Crippen LogP contribution >= 0.6 is 0 Å². The Morgan fingerprint density at radius 1 is 1.55 bits per heavy atom. The van der Waals surface area contributed by atoms with Gasteiger partial charge in [0, 0.05) is 0 Å². The number of H-pyrrole nitrogens is 1. The molecular weight excluding hydrogens is 140 g/mol. The summed E-state index contributed by atoms with van der Waals surface area (Å²) in [7, 11) is 1.63. The Morgan fingerprint density at radius 3 is 3.27 bits per heavy atom. The summed E-state index contributed by atoms with van der Waals surface area (Å²) in [4.78, 5) is 6.84. The van der Waals surface area contributed by atoms with Crippen LogP contribution in [0, 0.1) is 6.33 Å². The highest BCUT2D eigenvalue weighted by atomic mass is 16.5. The molecule has 1 heterocycles. The van der Waals surface area contributed by atoms with Crippen molar-refractivity contribution in [3.05, 3.63) is 24.5 Å². The molecule has 0 saturated carbocycles. The number of aromatic nitrogens is 2. The van der Waals surface area contributed by atoms with Crippen LogP contribution in [0.25, 0.3) is 11.0 Å².